The first kappa shape index (κ1) is 95.2. The zero-order chi connectivity index (χ0) is 88.3. The van der Waals surface area contributed by atoms with Crippen molar-refractivity contribution in [3.05, 3.63) is 192 Å². The Bertz CT molecular complexity index is 4220. The minimum absolute atomic E-state index is 0.0312. The van der Waals surface area contributed by atoms with Crippen LogP contribution in [0.25, 0.3) is 0 Å². The van der Waals surface area contributed by atoms with Crippen LogP contribution in [0.2, 0.25) is 72.5 Å². The Hall–Kier alpha value is -7.46. The van der Waals surface area contributed by atoms with E-state index in [1.165, 1.54) is 0 Å². The number of carbonyl (C=O) groups excluding carboxylic acids is 5. The molecular formula is C90H131N5O23Si4. The fourth-order valence-electron chi connectivity index (χ4n) is 14.3. The predicted molar refractivity (Wildman–Crippen MR) is 467 cm³/mol. The lowest BCUT2D eigenvalue weighted by molar-refractivity contribution is -0.356. The van der Waals surface area contributed by atoms with Crippen molar-refractivity contribution in [3.8, 4) is 0 Å². The van der Waals surface area contributed by atoms with E-state index in [2.05, 4.69) is 169 Å². The average Bonchev–Trinajstić information content (AvgIpc) is 1.15. The van der Waals surface area contributed by atoms with Gasteiger partial charge in [0.15, 0.2) is 64.5 Å². The number of alkyl carbamates (subject to hydrolysis) is 5. The lowest BCUT2D eigenvalue weighted by Crippen LogP contribution is -2.71. The van der Waals surface area contributed by atoms with Crippen LogP contribution in [0.5, 0.6) is 0 Å². The largest absolute Gasteiger partial charge is 0.445 e. The number of nitrogens with one attached hydrogen (secondary N) is 5. The average molecular weight is 1760 g/mol. The third-order valence-corrected chi connectivity index (χ3v) is 43.3. The number of benzene rings is 5. The highest BCUT2D eigenvalue weighted by molar-refractivity contribution is 6.75. The summed E-state index contributed by atoms with van der Waals surface area (Å²) in [6.07, 6.45) is -22.3. The first-order valence-electron chi connectivity index (χ1n) is 42.5. The second-order valence-corrected chi connectivity index (χ2v) is 57.4. The van der Waals surface area contributed by atoms with Crippen molar-refractivity contribution in [3.63, 3.8) is 0 Å². The summed E-state index contributed by atoms with van der Waals surface area (Å²) < 4.78 is 126. The monoisotopic (exact) mass is 1760 g/mol. The number of hydrogen-bond acceptors (Lipinski definition) is 23. The van der Waals surface area contributed by atoms with Gasteiger partial charge < -0.3 is 111 Å². The lowest BCUT2D eigenvalue weighted by Gasteiger charge is -2.53. The molecule has 0 aromatic heterocycles. The molecule has 20 atom stereocenters. The van der Waals surface area contributed by atoms with E-state index in [1.54, 1.807) is 6.08 Å². The van der Waals surface area contributed by atoms with Crippen LogP contribution in [0, 0.1) is 0 Å². The number of rotatable bonds is 32. The van der Waals surface area contributed by atoms with E-state index in [0.29, 0.717) is 5.56 Å². The van der Waals surface area contributed by atoms with Gasteiger partial charge in [-0.2, -0.15) is 0 Å². The molecule has 5 N–H and O–H groups in total. The Morgan fingerprint density at radius 2 is 0.877 bits per heavy atom. The van der Waals surface area contributed by atoms with Gasteiger partial charge in [-0.25, -0.2) is 24.0 Å². The van der Waals surface area contributed by atoms with Gasteiger partial charge in [0, 0.05) is 12.1 Å². The summed E-state index contributed by atoms with van der Waals surface area (Å²) in [5.41, 5.74) is 3.65. The first-order valence-corrected chi connectivity index (χ1v) is 54.1. The van der Waals surface area contributed by atoms with E-state index >= 15 is 4.79 Å². The molecule has 122 heavy (non-hydrogen) atoms. The van der Waals surface area contributed by atoms with Crippen LogP contribution in [0.15, 0.2) is 164 Å². The van der Waals surface area contributed by atoms with Crippen molar-refractivity contribution >= 4 is 63.7 Å². The fourth-order valence-corrected chi connectivity index (χ4v) is 19.3. The highest BCUT2D eigenvalue weighted by Crippen LogP contribution is 2.48. The Morgan fingerprint density at radius 3 is 1.36 bits per heavy atom. The molecule has 11 rings (SSSR count). The van der Waals surface area contributed by atoms with Crippen molar-refractivity contribution in [2.75, 3.05) is 26.4 Å². The van der Waals surface area contributed by atoms with Gasteiger partial charge in [-0.15, -0.1) is 6.58 Å². The van der Waals surface area contributed by atoms with Gasteiger partial charge in [-0.1, -0.05) is 241 Å². The molecule has 670 valence electrons. The molecule has 1 saturated carbocycles. The molecule has 5 heterocycles. The number of amides is 5. The zero-order valence-corrected chi connectivity index (χ0v) is 78.5. The van der Waals surface area contributed by atoms with E-state index in [9.17, 15) is 19.2 Å². The molecule has 1 aliphatic carbocycles. The van der Waals surface area contributed by atoms with Gasteiger partial charge in [-0.3, -0.25) is 0 Å². The van der Waals surface area contributed by atoms with Gasteiger partial charge in [0.25, 0.3) is 0 Å². The molecule has 5 aromatic rings. The van der Waals surface area contributed by atoms with Crippen molar-refractivity contribution in [2.24, 2.45) is 0 Å². The van der Waals surface area contributed by atoms with Crippen molar-refractivity contribution < 1.29 is 108 Å². The summed E-state index contributed by atoms with van der Waals surface area (Å²) in [5.74, 6) is 0. The minimum atomic E-state index is -3.02. The number of ether oxygens (including phenoxy) is 14. The number of hydrogen-bond donors (Lipinski definition) is 5. The molecule has 6 fully saturated rings. The lowest BCUT2D eigenvalue weighted by atomic mass is 9.83. The predicted octanol–water partition coefficient (Wildman–Crippen LogP) is 15.9. The second-order valence-electron chi connectivity index (χ2n) is 38.4. The molecule has 6 aliphatic rings. The highest BCUT2D eigenvalue weighted by Gasteiger charge is 2.63. The maximum Gasteiger partial charge on any atom is 0.407 e. The van der Waals surface area contributed by atoms with Crippen LogP contribution in [0.4, 0.5) is 24.0 Å². The van der Waals surface area contributed by atoms with Crippen LogP contribution in [0.3, 0.4) is 0 Å². The van der Waals surface area contributed by atoms with Gasteiger partial charge in [0.05, 0.1) is 44.1 Å². The fraction of sp³-hybridized carbons (Fsp3) is 0.589. The topological polar surface area (TPSA) is 312 Å². The Labute approximate surface area is 723 Å². The van der Waals surface area contributed by atoms with Crippen molar-refractivity contribution in [2.45, 2.75) is 311 Å². The molecule has 32 heteroatoms. The quantitative estimate of drug-likeness (QED) is 0.0152. The molecule has 5 aliphatic heterocycles. The van der Waals surface area contributed by atoms with E-state index in [1.807, 2.05) is 152 Å². The van der Waals surface area contributed by atoms with Crippen LogP contribution >= 0.6 is 0 Å². The zero-order valence-electron chi connectivity index (χ0n) is 74.5. The van der Waals surface area contributed by atoms with Gasteiger partial charge in [0.2, 0.25) is 0 Å². The third kappa shape index (κ3) is 24.4. The molecule has 1 unspecified atom stereocenters. The molecule has 5 saturated heterocycles. The molecule has 28 nitrogen and oxygen atoms in total. The first-order chi connectivity index (χ1) is 57.5. The second kappa shape index (κ2) is 40.5. The van der Waals surface area contributed by atoms with Crippen LogP contribution in [-0.4, -0.2) is 206 Å². The maximum atomic E-state index is 15.1. The normalized spacial score (nSPS) is 28.4. The van der Waals surface area contributed by atoms with E-state index in [0.717, 1.165) is 22.3 Å². The molecule has 5 aromatic carbocycles. The standard InChI is InChI=1S/C90H131N5O23Si4/c1-22-48-101-77-72(113-79-68(95-85(99)106-54-60-44-34-26-35-45-60)75(118-122(20,21)90(11,12)13)73(116-120(16,17)88(5,6)7)64(108-79)50-91-82(96)103-51-57-38-28-23-29-39-57)66(56-107-119(14,15)87(2,3)4)110-81(77)114-76-69(62(49-63-70(76)115-86(100)93-63)92-83(97)104-52-58-40-30-24-31-41-58)111-80-67(94-84(98)105-53-59-42-32-25-33-43-59)74(117-121(18,19)89(8,9)10)71-65(109-80)55-102-78(112-71)61-46-36-27-37-47-61/h22-47,62-81H,1,48-56H2,2-21H3,(H,91,96)(H,92,97)(H,93,100)(H,94,98)(H,95,99)/t62-,63+,64-,65+,66+,67+,68+,69+,70-,71+,72+,73+,74+,75+,76-,77+,78?,79+,80+,81-/m0/s1. The summed E-state index contributed by atoms with van der Waals surface area (Å²) in [6.45, 7) is 45.4. The Morgan fingerprint density at radius 1 is 0.459 bits per heavy atom. The van der Waals surface area contributed by atoms with Crippen LogP contribution < -0.4 is 26.6 Å². The summed E-state index contributed by atoms with van der Waals surface area (Å²) >= 11 is 0. The summed E-state index contributed by atoms with van der Waals surface area (Å²) in [6, 6.07) is 41.8. The van der Waals surface area contributed by atoms with E-state index in [-0.39, 0.29) is 64.3 Å². The smallest absolute Gasteiger partial charge is 0.407 e. The van der Waals surface area contributed by atoms with Crippen LogP contribution in [-0.2, 0) is 110 Å². The molecule has 0 radical (unpaired) electrons. The van der Waals surface area contributed by atoms with E-state index < -0.39 is 201 Å². The van der Waals surface area contributed by atoms with Gasteiger partial charge in [-0.05, 0) is 101 Å². The summed E-state index contributed by atoms with van der Waals surface area (Å²) in [4.78, 5) is 73.3. The van der Waals surface area contributed by atoms with E-state index in [4.69, 9.17) is 84.0 Å². The summed E-state index contributed by atoms with van der Waals surface area (Å²) in [5, 5.41) is 13.8. The molecule has 5 amide bonds. The number of carbonyl (C=O) groups is 5. The number of fused-ring (bicyclic) bond motifs is 2. The molecule has 0 bridgehead atoms. The van der Waals surface area contributed by atoms with Gasteiger partial charge >= 0.3 is 30.5 Å². The summed E-state index contributed by atoms with van der Waals surface area (Å²) in [7, 11) is -11.6. The highest BCUT2D eigenvalue weighted by atomic mass is 28.4. The molecular weight excluding hydrogens is 1630 g/mol. The minimum Gasteiger partial charge on any atom is -0.445 e. The Kier molecular flexibility index (Phi) is 31.6. The SMILES string of the molecule is C=CCO[C@H]1[C@H](O[C@@H]2[C@H]3OC(=O)N[C@@H]3C[C@H](NC(=O)OCc3ccccc3)[C@H]2O[C@H]2O[C@@H]3COC(c4ccccc4)O[C@H]3[C@H](O[Si](C)(C)C(C)(C)C)[C@H]2NC(=O)OCc2ccccc2)O[C@H](CO[Si](C)(C)C(C)(C)C)[C@H]1O[C@H]1O[C@@H](CNC(=O)OCc2ccccc2)[C@@H](O[Si](C)(C)C(C)(C)C)[C@H](O[Si](C)(C)C(C)(C)C)[C@H]1NC(=O)OCc1ccccc1. The Balaban J connectivity index is 1.05. The van der Waals surface area contributed by atoms with Crippen molar-refractivity contribution in [1.29, 1.82) is 0 Å². The van der Waals surface area contributed by atoms with Crippen LogP contribution in [0.1, 0.15) is 124 Å². The molecule has 0 spiro atoms. The third-order valence-electron chi connectivity index (χ3n) is 25.4. The maximum absolute atomic E-state index is 15.1. The van der Waals surface area contributed by atoms with Gasteiger partial charge in [0.1, 0.15) is 93.4 Å². The van der Waals surface area contributed by atoms with Crippen molar-refractivity contribution in [1.82, 2.24) is 26.6 Å².